The summed E-state index contributed by atoms with van der Waals surface area (Å²) in [6, 6.07) is 15.1. The molecule has 0 aliphatic heterocycles. The Kier molecular flexibility index (Phi) is 5.38. The Morgan fingerprint density at radius 2 is 1.77 bits per heavy atom. The maximum Gasteiger partial charge on any atom is 0.273 e. The minimum absolute atomic E-state index is 0.316. The zero-order chi connectivity index (χ0) is 15.9. The number of benzene rings is 2. The minimum atomic E-state index is -0.731. The number of hydrogen-bond donors (Lipinski definition) is 1. The molecule has 1 N–H and O–H groups in total. The van der Waals surface area contributed by atoms with E-state index < -0.39 is 6.10 Å². The van der Waals surface area contributed by atoms with Crippen LogP contribution >= 0.6 is 0 Å². The normalized spacial score (nSPS) is 12.8. The van der Waals surface area contributed by atoms with Crippen LogP contribution in [0.3, 0.4) is 0 Å². The van der Waals surface area contributed by atoms with Crippen molar-refractivity contribution in [2.75, 3.05) is 7.11 Å². The number of rotatable bonds is 5. The summed E-state index contributed by atoms with van der Waals surface area (Å²) in [5.41, 5.74) is 4.53. The lowest BCUT2D eigenvalue weighted by molar-refractivity contribution is -0.131. The highest BCUT2D eigenvalue weighted by atomic mass is 19.1. The third-order valence-corrected chi connectivity index (χ3v) is 3.17. The number of nitrogens with zero attached hydrogens (tertiary/aromatic N) is 1. The van der Waals surface area contributed by atoms with Crippen molar-refractivity contribution in [3.8, 4) is 0 Å². The monoisotopic (exact) mass is 300 g/mol. The van der Waals surface area contributed by atoms with Crippen LogP contribution in [0.5, 0.6) is 0 Å². The van der Waals surface area contributed by atoms with E-state index in [1.54, 1.807) is 19.1 Å². The molecule has 114 valence electrons. The number of carbonyl (C=O) groups excluding carboxylic acids is 1. The lowest BCUT2D eigenvalue weighted by atomic mass is 10.1. The van der Waals surface area contributed by atoms with E-state index in [9.17, 15) is 9.18 Å². The Bertz CT molecular complexity index is 654. The largest absolute Gasteiger partial charge is 0.367 e. The number of halogens is 1. The SMILES string of the molecule is COC(C(=O)N/N=C(\C)c1ccc(F)cc1)c1ccccc1. The van der Waals surface area contributed by atoms with Crippen LogP contribution in [0.1, 0.15) is 24.2 Å². The van der Waals surface area contributed by atoms with E-state index in [4.69, 9.17) is 4.74 Å². The summed E-state index contributed by atoms with van der Waals surface area (Å²) >= 11 is 0. The van der Waals surface area contributed by atoms with E-state index in [2.05, 4.69) is 10.5 Å². The Morgan fingerprint density at radius 1 is 1.14 bits per heavy atom. The molecule has 1 amide bonds. The van der Waals surface area contributed by atoms with Gasteiger partial charge in [0.2, 0.25) is 0 Å². The smallest absolute Gasteiger partial charge is 0.273 e. The first-order chi connectivity index (χ1) is 10.6. The predicted molar refractivity (Wildman–Crippen MR) is 82.9 cm³/mol. The number of ether oxygens (including phenoxy) is 1. The molecule has 0 saturated carbocycles. The number of amides is 1. The van der Waals surface area contributed by atoms with Crippen LogP contribution in [0.2, 0.25) is 0 Å². The Labute approximate surface area is 128 Å². The van der Waals surface area contributed by atoms with Gasteiger partial charge in [-0.25, -0.2) is 9.82 Å². The minimum Gasteiger partial charge on any atom is -0.367 e. The molecular formula is C17H17FN2O2. The van der Waals surface area contributed by atoms with Gasteiger partial charge >= 0.3 is 0 Å². The second-order valence-corrected chi connectivity index (χ2v) is 4.71. The fourth-order valence-corrected chi connectivity index (χ4v) is 1.98. The molecule has 0 heterocycles. The van der Waals surface area contributed by atoms with Crippen LogP contribution in [-0.4, -0.2) is 18.7 Å². The molecule has 0 saturated heterocycles. The topological polar surface area (TPSA) is 50.7 Å². The number of nitrogens with one attached hydrogen (secondary N) is 1. The molecule has 4 nitrogen and oxygen atoms in total. The molecule has 0 spiro atoms. The van der Waals surface area contributed by atoms with E-state index in [0.717, 1.165) is 11.1 Å². The van der Waals surface area contributed by atoms with Crippen molar-refractivity contribution in [2.24, 2.45) is 5.10 Å². The van der Waals surface area contributed by atoms with Crippen LogP contribution in [0.15, 0.2) is 59.7 Å². The van der Waals surface area contributed by atoms with Gasteiger partial charge in [-0.3, -0.25) is 4.79 Å². The zero-order valence-corrected chi connectivity index (χ0v) is 12.4. The van der Waals surface area contributed by atoms with Crippen molar-refractivity contribution in [1.29, 1.82) is 0 Å². The molecule has 5 heteroatoms. The summed E-state index contributed by atoms with van der Waals surface area (Å²) in [6.07, 6.45) is -0.731. The number of hydrogen-bond acceptors (Lipinski definition) is 3. The van der Waals surface area contributed by atoms with Gasteiger partial charge in [-0.15, -0.1) is 0 Å². The lowest BCUT2D eigenvalue weighted by Gasteiger charge is -2.14. The maximum atomic E-state index is 12.9. The van der Waals surface area contributed by atoms with E-state index in [-0.39, 0.29) is 11.7 Å². The average Bonchev–Trinajstić information content (AvgIpc) is 2.55. The Balaban J connectivity index is 2.07. The van der Waals surface area contributed by atoms with E-state index in [0.29, 0.717) is 5.71 Å². The number of carbonyl (C=O) groups is 1. The van der Waals surface area contributed by atoms with Crippen LogP contribution in [0.25, 0.3) is 0 Å². The van der Waals surface area contributed by atoms with Gasteiger partial charge in [0.1, 0.15) is 5.82 Å². The summed E-state index contributed by atoms with van der Waals surface area (Å²) in [5.74, 6) is -0.681. The summed E-state index contributed by atoms with van der Waals surface area (Å²) in [7, 11) is 1.47. The quantitative estimate of drug-likeness (QED) is 0.681. The fourth-order valence-electron chi connectivity index (χ4n) is 1.98. The third kappa shape index (κ3) is 3.99. The van der Waals surface area contributed by atoms with Gasteiger partial charge in [-0.1, -0.05) is 42.5 Å². The van der Waals surface area contributed by atoms with Crippen LogP contribution in [0, 0.1) is 5.82 Å². The van der Waals surface area contributed by atoms with Gasteiger partial charge in [0, 0.05) is 7.11 Å². The molecule has 0 aliphatic carbocycles. The maximum absolute atomic E-state index is 12.9. The second kappa shape index (κ2) is 7.47. The number of hydrazone groups is 1. The van der Waals surface area contributed by atoms with Crippen molar-refractivity contribution < 1.29 is 13.9 Å². The molecule has 1 unspecified atom stereocenters. The fraction of sp³-hybridized carbons (Fsp3) is 0.176. The van der Waals surface area contributed by atoms with Gasteiger partial charge < -0.3 is 4.74 Å². The van der Waals surface area contributed by atoms with Crippen molar-refractivity contribution in [3.05, 3.63) is 71.5 Å². The summed E-state index contributed by atoms with van der Waals surface area (Å²) in [6.45, 7) is 1.73. The molecule has 2 rings (SSSR count). The Hall–Kier alpha value is -2.53. The van der Waals surface area contributed by atoms with Gasteiger partial charge in [0.25, 0.3) is 5.91 Å². The first-order valence-electron chi connectivity index (χ1n) is 6.79. The highest BCUT2D eigenvalue weighted by Crippen LogP contribution is 2.16. The first-order valence-corrected chi connectivity index (χ1v) is 6.79. The zero-order valence-electron chi connectivity index (χ0n) is 12.4. The van der Waals surface area contributed by atoms with E-state index in [1.165, 1.54) is 19.2 Å². The van der Waals surface area contributed by atoms with Gasteiger partial charge in [0.15, 0.2) is 6.10 Å². The van der Waals surface area contributed by atoms with Crippen molar-refractivity contribution in [2.45, 2.75) is 13.0 Å². The molecule has 2 aromatic carbocycles. The molecule has 0 aromatic heterocycles. The van der Waals surface area contributed by atoms with Crippen molar-refractivity contribution in [3.63, 3.8) is 0 Å². The molecule has 2 aromatic rings. The van der Waals surface area contributed by atoms with Crippen LogP contribution < -0.4 is 5.43 Å². The predicted octanol–water partition coefficient (Wildman–Crippen LogP) is 3.05. The molecule has 0 fully saturated rings. The summed E-state index contributed by atoms with van der Waals surface area (Å²) < 4.78 is 18.1. The van der Waals surface area contributed by atoms with Crippen molar-refractivity contribution in [1.82, 2.24) is 5.43 Å². The van der Waals surface area contributed by atoms with Crippen molar-refractivity contribution >= 4 is 11.6 Å². The van der Waals surface area contributed by atoms with E-state index in [1.807, 2.05) is 30.3 Å². The molecule has 0 radical (unpaired) electrons. The summed E-state index contributed by atoms with van der Waals surface area (Å²) in [4.78, 5) is 12.2. The van der Waals surface area contributed by atoms with E-state index >= 15 is 0 Å². The molecular weight excluding hydrogens is 283 g/mol. The third-order valence-electron chi connectivity index (χ3n) is 3.17. The highest BCUT2D eigenvalue weighted by molar-refractivity contribution is 5.99. The van der Waals surface area contributed by atoms with Gasteiger partial charge in [-0.05, 0) is 30.2 Å². The average molecular weight is 300 g/mol. The Morgan fingerprint density at radius 3 is 2.36 bits per heavy atom. The molecule has 22 heavy (non-hydrogen) atoms. The molecule has 1 atom stereocenters. The second-order valence-electron chi connectivity index (χ2n) is 4.71. The van der Waals surface area contributed by atoms with Crippen LogP contribution in [-0.2, 0) is 9.53 Å². The van der Waals surface area contributed by atoms with Crippen LogP contribution in [0.4, 0.5) is 4.39 Å². The highest BCUT2D eigenvalue weighted by Gasteiger charge is 2.19. The lowest BCUT2D eigenvalue weighted by Crippen LogP contribution is -2.27. The number of methoxy groups -OCH3 is 1. The first kappa shape index (κ1) is 15.9. The summed E-state index contributed by atoms with van der Waals surface area (Å²) in [5, 5.41) is 4.03. The van der Waals surface area contributed by atoms with Gasteiger partial charge in [0.05, 0.1) is 5.71 Å². The standard InChI is InChI=1S/C17H17FN2O2/c1-12(13-8-10-15(18)11-9-13)19-20-17(21)16(22-2)14-6-4-3-5-7-14/h3-11,16H,1-2H3,(H,20,21)/b19-12+. The molecule has 0 aliphatic rings. The molecule has 0 bridgehead atoms. The van der Waals surface area contributed by atoms with Gasteiger partial charge in [-0.2, -0.15) is 5.10 Å².